The van der Waals surface area contributed by atoms with Crippen molar-refractivity contribution in [2.75, 3.05) is 14.1 Å². The van der Waals surface area contributed by atoms with E-state index < -0.39 is 0 Å². The fraction of sp³-hybridized carbons (Fsp3) is 0.692. The first kappa shape index (κ1) is 15.0. The molecule has 0 heterocycles. The maximum absolute atomic E-state index is 9.85. The van der Waals surface area contributed by atoms with Crippen LogP contribution in [-0.4, -0.2) is 25.2 Å². The van der Waals surface area contributed by atoms with E-state index >= 15 is 0 Å². The summed E-state index contributed by atoms with van der Waals surface area (Å²) in [5.74, 6) is 0.880. The molecule has 2 unspecified atom stereocenters. The number of nitrogens with one attached hydrogen (secondary N) is 2. The third-order valence-corrected chi connectivity index (χ3v) is 3.21. The standard InChI is InChI=1S/C13H26N2O/c1-7-9(2)10(3)12(15-6)8-13(16)11(4)14-5/h8-9,11,14-16H,7H2,1-6H3/b12-10+,13-8+. The number of likely N-dealkylation sites (N-methyl/N-ethyl adjacent to an activating group) is 2. The Labute approximate surface area is 99.6 Å². The first-order chi connectivity index (χ1) is 7.47. The summed E-state index contributed by atoms with van der Waals surface area (Å²) < 4.78 is 0. The van der Waals surface area contributed by atoms with E-state index in [2.05, 4.69) is 31.4 Å². The van der Waals surface area contributed by atoms with Crippen molar-refractivity contribution in [1.29, 1.82) is 0 Å². The monoisotopic (exact) mass is 226 g/mol. The second-order valence-electron chi connectivity index (χ2n) is 4.24. The smallest absolute Gasteiger partial charge is 0.111 e. The molecule has 2 atom stereocenters. The van der Waals surface area contributed by atoms with E-state index in [1.54, 1.807) is 0 Å². The van der Waals surface area contributed by atoms with Crippen molar-refractivity contribution in [3.05, 3.63) is 23.1 Å². The Morgan fingerprint density at radius 2 is 1.88 bits per heavy atom. The molecule has 0 spiro atoms. The van der Waals surface area contributed by atoms with Gasteiger partial charge in [-0.15, -0.1) is 0 Å². The second-order valence-corrected chi connectivity index (χ2v) is 4.24. The maximum atomic E-state index is 9.85. The van der Waals surface area contributed by atoms with Gasteiger partial charge >= 0.3 is 0 Å². The molecule has 0 bridgehead atoms. The zero-order valence-electron chi connectivity index (χ0n) is 11.4. The minimum atomic E-state index is -0.0203. The van der Waals surface area contributed by atoms with Crippen LogP contribution in [0.25, 0.3) is 0 Å². The van der Waals surface area contributed by atoms with Crippen molar-refractivity contribution in [2.24, 2.45) is 5.92 Å². The lowest BCUT2D eigenvalue weighted by molar-refractivity contribution is 0.356. The summed E-state index contributed by atoms with van der Waals surface area (Å²) in [6, 6.07) is -0.0203. The van der Waals surface area contributed by atoms with Gasteiger partial charge in [-0.05, 0) is 38.8 Å². The molecule has 0 rings (SSSR count). The molecule has 0 fully saturated rings. The Bertz CT molecular complexity index is 269. The summed E-state index contributed by atoms with van der Waals surface area (Å²) in [5, 5.41) is 16.0. The summed E-state index contributed by atoms with van der Waals surface area (Å²) in [6.45, 7) is 8.39. The minimum Gasteiger partial charge on any atom is -0.511 e. The van der Waals surface area contributed by atoms with Crippen LogP contribution in [-0.2, 0) is 0 Å². The van der Waals surface area contributed by atoms with Crippen LogP contribution in [0.15, 0.2) is 23.1 Å². The molecule has 0 aromatic rings. The van der Waals surface area contributed by atoms with Crippen molar-refractivity contribution in [3.8, 4) is 0 Å². The van der Waals surface area contributed by atoms with Crippen LogP contribution >= 0.6 is 0 Å². The van der Waals surface area contributed by atoms with Gasteiger partial charge in [-0.25, -0.2) is 0 Å². The Hall–Kier alpha value is -0.960. The van der Waals surface area contributed by atoms with Crippen molar-refractivity contribution in [1.82, 2.24) is 10.6 Å². The zero-order chi connectivity index (χ0) is 12.7. The molecule has 16 heavy (non-hydrogen) atoms. The first-order valence-electron chi connectivity index (χ1n) is 5.94. The minimum absolute atomic E-state index is 0.0203. The number of aliphatic hydroxyl groups excluding tert-OH is 1. The highest BCUT2D eigenvalue weighted by Crippen LogP contribution is 2.18. The van der Waals surface area contributed by atoms with Crippen molar-refractivity contribution in [3.63, 3.8) is 0 Å². The van der Waals surface area contributed by atoms with Crippen LogP contribution in [0.5, 0.6) is 0 Å². The Kier molecular flexibility index (Phi) is 6.90. The van der Waals surface area contributed by atoms with Gasteiger partial charge in [-0.3, -0.25) is 0 Å². The van der Waals surface area contributed by atoms with Crippen LogP contribution in [0.3, 0.4) is 0 Å². The summed E-state index contributed by atoms with van der Waals surface area (Å²) in [7, 11) is 3.72. The normalized spacial score (nSPS) is 17.8. The highest BCUT2D eigenvalue weighted by molar-refractivity contribution is 5.27. The lowest BCUT2D eigenvalue weighted by atomic mass is 9.97. The van der Waals surface area contributed by atoms with Crippen molar-refractivity contribution < 1.29 is 5.11 Å². The van der Waals surface area contributed by atoms with Crippen LogP contribution in [0.2, 0.25) is 0 Å². The van der Waals surface area contributed by atoms with Crippen LogP contribution < -0.4 is 10.6 Å². The average molecular weight is 226 g/mol. The number of hydrogen-bond donors (Lipinski definition) is 3. The first-order valence-corrected chi connectivity index (χ1v) is 5.94. The summed E-state index contributed by atoms with van der Waals surface area (Å²) in [4.78, 5) is 0. The van der Waals surface area contributed by atoms with Gasteiger partial charge in [0, 0.05) is 18.8 Å². The zero-order valence-corrected chi connectivity index (χ0v) is 11.4. The fourth-order valence-electron chi connectivity index (χ4n) is 1.38. The SMILES string of the molecule is CCC(C)/C(C)=C(\C=C(\O)C(C)NC)NC. The molecule has 0 aliphatic rings. The third-order valence-electron chi connectivity index (χ3n) is 3.21. The predicted molar refractivity (Wildman–Crippen MR) is 70.4 cm³/mol. The second kappa shape index (κ2) is 7.34. The van der Waals surface area contributed by atoms with Gasteiger partial charge in [-0.1, -0.05) is 13.8 Å². The van der Waals surface area contributed by atoms with E-state index in [1.807, 2.05) is 27.1 Å². The predicted octanol–water partition coefficient (Wildman–Crippen LogP) is 2.58. The number of hydrogen-bond acceptors (Lipinski definition) is 3. The molecule has 94 valence electrons. The highest BCUT2D eigenvalue weighted by atomic mass is 16.3. The van der Waals surface area contributed by atoms with Gasteiger partial charge in [-0.2, -0.15) is 0 Å². The van der Waals surface area contributed by atoms with E-state index in [0.717, 1.165) is 12.1 Å². The molecular weight excluding hydrogens is 200 g/mol. The summed E-state index contributed by atoms with van der Waals surface area (Å²) in [5.41, 5.74) is 2.29. The molecule has 0 saturated heterocycles. The lowest BCUT2D eigenvalue weighted by Gasteiger charge is -2.16. The van der Waals surface area contributed by atoms with Gasteiger partial charge in [0.15, 0.2) is 0 Å². The Morgan fingerprint density at radius 1 is 1.31 bits per heavy atom. The molecule has 0 aliphatic carbocycles. The van der Waals surface area contributed by atoms with Crippen LogP contribution in [0, 0.1) is 5.92 Å². The number of rotatable bonds is 6. The molecule has 0 aliphatic heterocycles. The average Bonchev–Trinajstić information content (AvgIpc) is 2.32. The lowest BCUT2D eigenvalue weighted by Crippen LogP contribution is -2.24. The molecule has 0 aromatic heterocycles. The van der Waals surface area contributed by atoms with E-state index in [1.165, 1.54) is 5.57 Å². The van der Waals surface area contributed by atoms with E-state index in [-0.39, 0.29) is 6.04 Å². The molecule has 0 aromatic carbocycles. The third kappa shape index (κ3) is 4.27. The van der Waals surface area contributed by atoms with Gasteiger partial charge in [0.05, 0.1) is 6.04 Å². The molecule has 3 heteroatoms. The molecule has 0 saturated carbocycles. The molecule has 3 N–H and O–H groups in total. The topological polar surface area (TPSA) is 44.3 Å². The maximum Gasteiger partial charge on any atom is 0.111 e. The van der Waals surface area contributed by atoms with Gasteiger partial charge in [0.2, 0.25) is 0 Å². The van der Waals surface area contributed by atoms with Gasteiger partial charge in [0.25, 0.3) is 0 Å². The van der Waals surface area contributed by atoms with E-state index in [4.69, 9.17) is 0 Å². The Balaban J connectivity index is 5.00. The molecular formula is C13H26N2O. The van der Waals surface area contributed by atoms with Crippen molar-refractivity contribution >= 4 is 0 Å². The molecule has 0 radical (unpaired) electrons. The fourth-order valence-corrected chi connectivity index (χ4v) is 1.38. The highest BCUT2D eigenvalue weighted by Gasteiger charge is 2.09. The van der Waals surface area contributed by atoms with E-state index in [0.29, 0.717) is 11.7 Å². The largest absolute Gasteiger partial charge is 0.511 e. The van der Waals surface area contributed by atoms with E-state index in [9.17, 15) is 5.11 Å². The summed E-state index contributed by atoms with van der Waals surface area (Å²) in [6.07, 6.45) is 2.91. The number of allylic oxidation sites excluding steroid dienone is 2. The Morgan fingerprint density at radius 3 is 2.25 bits per heavy atom. The molecule has 3 nitrogen and oxygen atoms in total. The van der Waals surface area contributed by atoms with Crippen LogP contribution in [0.1, 0.15) is 34.1 Å². The van der Waals surface area contributed by atoms with Crippen molar-refractivity contribution in [2.45, 2.75) is 40.2 Å². The van der Waals surface area contributed by atoms with Crippen LogP contribution in [0.4, 0.5) is 0 Å². The van der Waals surface area contributed by atoms with Gasteiger partial charge < -0.3 is 15.7 Å². The quantitative estimate of drug-likeness (QED) is 0.482. The summed E-state index contributed by atoms with van der Waals surface area (Å²) >= 11 is 0. The number of aliphatic hydroxyl groups is 1. The molecule has 0 amide bonds. The van der Waals surface area contributed by atoms with Gasteiger partial charge in [0.1, 0.15) is 5.76 Å².